The molecule has 6 heteroatoms. The van der Waals surface area contributed by atoms with Gasteiger partial charge in [0.05, 0.1) is 11.2 Å². The molecular weight excluding hydrogens is 420 g/mol. The standard InChI is InChI=1S/C28H38N6/c1-5-7-14-34(6-2)22-11-15-33(16-12-22)18-21-8-9-25-24(17-21)19(3)26(32-25)23-10-13-29-28-27(23)30-20(4)31-28/h8-10,13,17,22,32H,5-7,11-12,14-16,18H2,1-4H3,(H,29,30,31). The lowest BCUT2D eigenvalue weighted by atomic mass is 10.0. The number of likely N-dealkylation sites (tertiary alicyclic amines) is 1. The Hall–Kier alpha value is -2.70. The van der Waals surface area contributed by atoms with Crippen molar-refractivity contribution in [3.63, 3.8) is 0 Å². The summed E-state index contributed by atoms with van der Waals surface area (Å²) in [5.41, 5.74) is 7.92. The molecule has 0 saturated carbocycles. The number of hydrogen-bond acceptors (Lipinski definition) is 4. The summed E-state index contributed by atoms with van der Waals surface area (Å²) in [5.74, 6) is 0.891. The third kappa shape index (κ3) is 4.49. The Balaban J connectivity index is 1.32. The molecule has 0 unspecified atom stereocenters. The molecule has 6 nitrogen and oxygen atoms in total. The van der Waals surface area contributed by atoms with Crippen LogP contribution in [0.2, 0.25) is 0 Å². The van der Waals surface area contributed by atoms with Gasteiger partial charge in [-0.3, -0.25) is 4.90 Å². The van der Waals surface area contributed by atoms with Crippen LogP contribution in [0.1, 0.15) is 56.5 Å². The van der Waals surface area contributed by atoms with Crippen molar-refractivity contribution in [2.45, 2.75) is 66.0 Å². The van der Waals surface area contributed by atoms with Crippen LogP contribution in [0.5, 0.6) is 0 Å². The van der Waals surface area contributed by atoms with E-state index in [1.54, 1.807) is 0 Å². The number of imidazole rings is 1. The summed E-state index contributed by atoms with van der Waals surface area (Å²) in [7, 11) is 0. The van der Waals surface area contributed by atoms with Gasteiger partial charge in [-0.15, -0.1) is 0 Å². The van der Waals surface area contributed by atoms with Crippen LogP contribution in [-0.4, -0.2) is 62.0 Å². The molecule has 4 heterocycles. The van der Waals surface area contributed by atoms with Crippen LogP contribution in [0.25, 0.3) is 33.3 Å². The Morgan fingerprint density at radius 1 is 1.09 bits per heavy atom. The van der Waals surface area contributed by atoms with Crippen LogP contribution in [0.3, 0.4) is 0 Å². The minimum absolute atomic E-state index is 0.757. The van der Waals surface area contributed by atoms with Crippen LogP contribution in [0, 0.1) is 13.8 Å². The Bertz CT molecular complexity index is 1260. The number of fused-ring (bicyclic) bond motifs is 2. The molecule has 1 aliphatic rings. The summed E-state index contributed by atoms with van der Waals surface area (Å²) in [6.07, 6.45) is 7.02. The zero-order valence-corrected chi connectivity index (χ0v) is 21.1. The molecule has 0 spiro atoms. The summed E-state index contributed by atoms with van der Waals surface area (Å²) in [6, 6.07) is 9.74. The number of piperidine rings is 1. The number of aromatic nitrogens is 4. The minimum atomic E-state index is 0.757. The first-order chi connectivity index (χ1) is 16.6. The van der Waals surface area contributed by atoms with E-state index in [-0.39, 0.29) is 0 Å². The largest absolute Gasteiger partial charge is 0.354 e. The van der Waals surface area contributed by atoms with E-state index in [0.29, 0.717) is 0 Å². The number of benzene rings is 1. The maximum Gasteiger partial charge on any atom is 0.178 e. The van der Waals surface area contributed by atoms with Gasteiger partial charge >= 0.3 is 0 Å². The van der Waals surface area contributed by atoms with Gasteiger partial charge in [0.15, 0.2) is 5.65 Å². The predicted octanol–water partition coefficient (Wildman–Crippen LogP) is 5.81. The SMILES string of the molecule is CCCCN(CC)C1CCN(Cc2ccc3[nH]c(-c4ccnc5nc(C)[nH]c45)c(C)c3c2)CC1. The molecule has 34 heavy (non-hydrogen) atoms. The van der Waals surface area contributed by atoms with Crippen molar-refractivity contribution in [2.75, 3.05) is 26.2 Å². The quantitative estimate of drug-likeness (QED) is 0.350. The van der Waals surface area contributed by atoms with E-state index < -0.39 is 0 Å². The van der Waals surface area contributed by atoms with Crippen LogP contribution in [0.4, 0.5) is 0 Å². The fourth-order valence-electron chi connectivity index (χ4n) is 5.64. The second kappa shape index (κ2) is 9.88. The third-order valence-electron chi connectivity index (χ3n) is 7.59. The second-order valence-corrected chi connectivity index (χ2v) is 9.87. The van der Waals surface area contributed by atoms with Gasteiger partial charge in [0, 0.05) is 35.2 Å². The molecule has 2 N–H and O–H groups in total. The first-order valence-corrected chi connectivity index (χ1v) is 13.0. The molecule has 0 radical (unpaired) electrons. The molecule has 3 aromatic heterocycles. The number of unbranched alkanes of at least 4 members (excludes halogenated alkanes) is 1. The molecule has 1 aliphatic heterocycles. The maximum absolute atomic E-state index is 4.51. The molecule has 0 atom stereocenters. The van der Waals surface area contributed by atoms with E-state index >= 15 is 0 Å². The Labute approximate surface area is 202 Å². The van der Waals surface area contributed by atoms with Crippen LogP contribution in [-0.2, 0) is 6.54 Å². The Morgan fingerprint density at radius 2 is 1.91 bits per heavy atom. The topological polar surface area (TPSA) is 63.8 Å². The summed E-state index contributed by atoms with van der Waals surface area (Å²) in [6.45, 7) is 14.6. The van der Waals surface area contributed by atoms with Crippen LogP contribution >= 0.6 is 0 Å². The first kappa shape index (κ1) is 23.1. The number of hydrogen-bond donors (Lipinski definition) is 2. The lowest BCUT2D eigenvalue weighted by molar-refractivity contribution is 0.107. The fraction of sp³-hybridized carbons (Fsp3) is 0.500. The Kier molecular flexibility index (Phi) is 6.70. The highest BCUT2D eigenvalue weighted by Gasteiger charge is 2.23. The zero-order valence-electron chi connectivity index (χ0n) is 21.1. The molecule has 1 fully saturated rings. The average Bonchev–Trinajstić information content (AvgIpc) is 3.39. The van der Waals surface area contributed by atoms with E-state index in [1.807, 2.05) is 13.1 Å². The van der Waals surface area contributed by atoms with Gasteiger partial charge in [0.2, 0.25) is 0 Å². The van der Waals surface area contributed by atoms with Gasteiger partial charge in [-0.05, 0) is 88.6 Å². The molecule has 180 valence electrons. The van der Waals surface area contributed by atoms with Crippen molar-refractivity contribution in [2.24, 2.45) is 0 Å². The van der Waals surface area contributed by atoms with E-state index in [9.17, 15) is 0 Å². The van der Waals surface area contributed by atoms with Gasteiger partial charge in [0.25, 0.3) is 0 Å². The highest BCUT2D eigenvalue weighted by Crippen LogP contribution is 2.33. The van der Waals surface area contributed by atoms with Crippen molar-refractivity contribution in [1.29, 1.82) is 0 Å². The second-order valence-electron chi connectivity index (χ2n) is 9.87. The van der Waals surface area contributed by atoms with Gasteiger partial charge < -0.3 is 14.9 Å². The average molecular weight is 459 g/mol. The van der Waals surface area contributed by atoms with Crippen molar-refractivity contribution in [3.8, 4) is 11.3 Å². The summed E-state index contributed by atoms with van der Waals surface area (Å²) in [5, 5.41) is 1.31. The molecule has 5 rings (SSSR count). The van der Waals surface area contributed by atoms with Crippen molar-refractivity contribution in [3.05, 3.63) is 47.4 Å². The van der Waals surface area contributed by atoms with Gasteiger partial charge in [-0.2, -0.15) is 0 Å². The smallest absolute Gasteiger partial charge is 0.178 e. The molecule has 0 aliphatic carbocycles. The summed E-state index contributed by atoms with van der Waals surface area (Å²) in [4.78, 5) is 21.3. The number of H-pyrrole nitrogens is 2. The van der Waals surface area contributed by atoms with Crippen LogP contribution in [0.15, 0.2) is 30.5 Å². The lowest BCUT2D eigenvalue weighted by Gasteiger charge is -2.38. The van der Waals surface area contributed by atoms with Gasteiger partial charge in [-0.25, -0.2) is 9.97 Å². The molecule has 1 saturated heterocycles. The number of rotatable bonds is 8. The third-order valence-corrected chi connectivity index (χ3v) is 7.59. The van der Waals surface area contributed by atoms with Gasteiger partial charge in [-0.1, -0.05) is 26.3 Å². The number of nitrogens with zero attached hydrogens (tertiary/aromatic N) is 4. The number of pyridine rings is 1. The van der Waals surface area contributed by atoms with Crippen molar-refractivity contribution in [1.82, 2.24) is 29.7 Å². The minimum Gasteiger partial charge on any atom is -0.354 e. The predicted molar refractivity (Wildman–Crippen MR) is 141 cm³/mol. The van der Waals surface area contributed by atoms with Crippen molar-refractivity contribution < 1.29 is 0 Å². The summed E-state index contributed by atoms with van der Waals surface area (Å²) >= 11 is 0. The number of aryl methyl sites for hydroxylation is 2. The van der Waals surface area contributed by atoms with E-state index in [0.717, 1.165) is 40.8 Å². The lowest BCUT2D eigenvalue weighted by Crippen LogP contribution is -2.44. The van der Waals surface area contributed by atoms with Gasteiger partial charge in [0.1, 0.15) is 5.82 Å². The molecule has 1 aromatic carbocycles. The first-order valence-electron chi connectivity index (χ1n) is 13.0. The fourth-order valence-corrected chi connectivity index (χ4v) is 5.64. The van der Waals surface area contributed by atoms with E-state index in [4.69, 9.17) is 0 Å². The maximum atomic E-state index is 4.51. The molecule has 4 aromatic rings. The highest BCUT2D eigenvalue weighted by atomic mass is 15.2. The molecule has 0 amide bonds. The number of aromatic amines is 2. The van der Waals surface area contributed by atoms with E-state index in [1.165, 1.54) is 73.9 Å². The van der Waals surface area contributed by atoms with Crippen LogP contribution < -0.4 is 0 Å². The van der Waals surface area contributed by atoms with E-state index in [2.05, 4.69) is 74.8 Å². The molecular formula is C28H38N6. The van der Waals surface area contributed by atoms with Crippen molar-refractivity contribution >= 4 is 22.1 Å². The number of nitrogens with one attached hydrogen (secondary N) is 2. The monoisotopic (exact) mass is 458 g/mol. The molecule has 0 bridgehead atoms. The highest BCUT2D eigenvalue weighted by molar-refractivity contribution is 5.97. The zero-order chi connectivity index (χ0) is 23.7. The Morgan fingerprint density at radius 3 is 2.68 bits per heavy atom. The summed E-state index contributed by atoms with van der Waals surface area (Å²) < 4.78 is 0. The normalized spacial score (nSPS) is 15.8.